The van der Waals surface area contributed by atoms with Gasteiger partial charge in [-0.2, -0.15) is 9.36 Å². The van der Waals surface area contributed by atoms with E-state index in [0.29, 0.717) is 5.95 Å². The lowest BCUT2D eigenvalue weighted by Gasteiger charge is -2.31. The maximum atomic E-state index is 5.52. The van der Waals surface area contributed by atoms with Crippen molar-refractivity contribution in [1.29, 1.82) is 0 Å². The van der Waals surface area contributed by atoms with Gasteiger partial charge in [-0.25, -0.2) is 0 Å². The van der Waals surface area contributed by atoms with Crippen molar-refractivity contribution < 1.29 is 0 Å². The normalized spacial score (nSPS) is 18.9. The summed E-state index contributed by atoms with van der Waals surface area (Å²) in [5.41, 5.74) is 5.52. The lowest BCUT2D eigenvalue weighted by Crippen LogP contribution is -2.35. The molecule has 0 atom stereocenters. The van der Waals surface area contributed by atoms with Gasteiger partial charge in [0.1, 0.15) is 0 Å². The predicted octanol–water partition coefficient (Wildman–Crippen LogP) is 0.898. The molecule has 0 aromatic carbocycles. The number of piperidine rings is 1. The molecule has 1 aliphatic rings. The van der Waals surface area contributed by atoms with E-state index < -0.39 is 0 Å². The molecule has 90 valence electrons. The maximum Gasteiger partial charge on any atom is 0.233 e. The van der Waals surface area contributed by atoms with Gasteiger partial charge < -0.3 is 15.5 Å². The highest BCUT2D eigenvalue weighted by atomic mass is 32.1. The fraction of sp³-hybridized carbons (Fsp3) is 0.800. The Labute approximate surface area is 100 Å². The van der Waals surface area contributed by atoms with Crippen LogP contribution in [0.2, 0.25) is 0 Å². The van der Waals surface area contributed by atoms with Crippen LogP contribution in [0.25, 0.3) is 0 Å². The Bertz CT molecular complexity index is 332. The van der Waals surface area contributed by atoms with E-state index in [-0.39, 0.29) is 0 Å². The number of nitrogens with zero attached hydrogens (tertiary/aromatic N) is 4. The Morgan fingerprint density at radius 2 is 2.19 bits per heavy atom. The van der Waals surface area contributed by atoms with E-state index in [1.165, 1.54) is 37.5 Å². The van der Waals surface area contributed by atoms with Gasteiger partial charge in [0.25, 0.3) is 0 Å². The number of hydrogen-bond acceptors (Lipinski definition) is 6. The molecule has 2 N–H and O–H groups in total. The van der Waals surface area contributed by atoms with Crippen LogP contribution < -0.4 is 10.6 Å². The number of aromatic nitrogens is 2. The second-order valence-corrected chi connectivity index (χ2v) is 5.29. The van der Waals surface area contributed by atoms with Crippen molar-refractivity contribution in [2.24, 2.45) is 5.92 Å². The summed E-state index contributed by atoms with van der Waals surface area (Å²) in [6, 6.07) is 0. The Hall–Kier alpha value is -0.880. The summed E-state index contributed by atoms with van der Waals surface area (Å²) in [5, 5.41) is 0.927. The third-order valence-electron chi connectivity index (χ3n) is 3.13. The topological polar surface area (TPSA) is 58.3 Å². The van der Waals surface area contributed by atoms with Crippen LogP contribution in [0, 0.1) is 5.92 Å². The quantitative estimate of drug-likeness (QED) is 0.852. The van der Waals surface area contributed by atoms with Crippen molar-refractivity contribution >= 4 is 22.6 Å². The zero-order chi connectivity index (χ0) is 11.5. The van der Waals surface area contributed by atoms with Crippen LogP contribution >= 0.6 is 11.5 Å². The van der Waals surface area contributed by atoms with E-state index in [9.17, 15) is 0 Å². The summed E-state index contributed by atoms with van der Waals surface area (Å²) in [7, 11) is 4.25. The molecule has 0 bridgehead atoms. The van der Waals surface area contributed by atoms with Crippen LogP contribution in [0.1, 0.15) is 12.8 Å². The SMILES string of the molecule is CN1CCC(CN(C)c2nc(N)ns2)CC1. The largest absolute Gasteiger partial charge is 0.367 e. The molecule has 1 saturated heterocycles. The van der Waals surface area contributed by atoms with Crippen molar-refractivity contribution in [3.8, 4) is 0 Å². The fourth-order valence-electron chi connectivity index (χ4n) is 2.09. The van der Waals surface area contributed by atoms with Gasteiger partial charge in [0, 0.05) is 25.1 Å². The van der Waals surface area contributed by atoms with Gasteiger partial charge in [-0.15, -0.1) is 0 Å². The predicted molar refractivity (Wildman–Crippen MR) is 67.8 cm³/mol. The second kappa shape index (κ2) is 4.97. The van der Waals surface area contributed by atoms with Crippen LogP contribution in [0.15, 0.2) is 0 Å². The molecule has 5 nitrogen and oxygen atoms in total. The minimum absolute atomic E-state index is 0.384. The number of nitrogen functional groups attached to an aromatic ring is 1. The number of hydrogen-bond donors (Lipinski definition) is 1. The van der Waals surface area contributed by atoms with Gasteiger partial charge in [0.2, 0.25) is 11.1 Å². The smallest absolute Gasteiger partial charge is 0.233 e. The molecular formula is C10H19N5S. The van der Waals surface area contributed by atoms with E-state index >= 15 is 0 Å². The first kappa shape index (κ1) is 11.6. The molecule has 16 heavy (non-hydrogen) atoms. The average molecular weight is 241 g/mol. The Kier molecular flexibility index (Phi) is 3.60. The fourth-order valence-corrected chi connectivity index (χ4v) is 2.66. The van der Waals surface area contributed by atoms with Gasteiger partial charge >= 0.3 is 0 Å². The molecule has 1 aromatic heterocycles. The average Bonchev–Trinajstić information content (AvgIpc) is 2.68. The summed E-state index contributed by atoms with van der Waals surface area (Å²) in [6.45, 7) is 3.47. The third kappa shape index (κ3) is 2.82. The van der Waals surface area contributed by atoms with Crippen LogP contribution in [-0.4, -0.2) is 48.0 Å². The van der Waals surface area contributed by atoms with Gasteiger partial charge in [0.15, 0.2) is 0 Å². The monoisotopic (exact) mass is 241 g/mol. The number of likely N-dealkylation sites (tertiary alicyclic amines) is 1. The molecule has 0 saturated carbocycles. The van der Waals surface area contributed by atoms with Crippen LogP contribution in [0.3, 0.4) is 0 Å². The molecule has 2 rings (SSSR count). The van der Waals surface area contributed by atoms with Crippen molar-refractivity contribution in [1.82, 2.24) is 14.3 Å². The lowest BCUT2D eigenvalue weighted by molar-refractivity contribution is 0.222. The number of rotatable bonds is 3. The first-order chi connectivity index (χ1) is 7.65. The summed E-state index contributed by atoms with van der Waals surface area (Å²) < 4.78 is 4.00. The van der Waals surface area contributed by atoms with Crippen molar-refractivity contribution in [2.45, 2.75) is 12.8 Å². The first-order valence-corrected chi connectivity index (χ1v) is 6.41. The van der Waals surface area contributed by atoms with E-state index in [4.69, 9.17) is 5.73 Å². The molecule has 1 aromatic rings. The lowest BCUT2D eigenvalue weighted by atomic mass is 9.97. The molecule has 2 heterocycles. The van der Waals surface area contributed by atoms with Gasteiger partial charge in [0.05, 0.1) is 0 Å². The third-order valence-corrected chi connectivity index (χ3v) is 3.97. The zero-order valence-corrected chi connectivity index (χ0v) is 10.7. The van der Waals surface area contributed by atoms with Crippen LogP contribution in [0.5, 0.6) is 0 Å². The molecule has 6 heteroatoms. The Morgan fingerprint density at radius 3 is 2.75 bits per heavy atom. The van der Waals surface area contributed by atoms with Gasteiger partial charge in [-0.1, -0.05) is 0 Å². The standard InChI is InChI=1S/C10H19N5S/c1-14-5-3-8(4-6-14)7-15(2)10-12-9(11)13-16-10/h8H,3-7H2,1-2H3,(H2,11,13). The second-order valence-electron chi connectivity index (χ2n) is 4.56. The van der Waals surface area contributed by atoms with Crippen molar-refractivity contribution in [3.05, 3.63) is 0 Å². The Balaban J connectivity index is 1.85. The minimum Gasteiger partial charge on any atom is -0.367 e. The molecule has 1 aliphatic heterocycles. The van der Waals surface area contributed by atoms with E-state index in [2.05, 4.69) is 33.3 Å². The highest BCUT2D eigenvalue weighted by Gasteiger charge is 2.19. The van der Waals surface area contributed by atoms with Crippen LogP contribution in [-0.2, 0) is 0 Å². The molecule has 1 fully saturated rings. The van der Waals surface area contributed by atoms with E-state index in [1.807, 2.05) is 0 Å². The zero-order valence-electron chi connectivity index (χ0n) is 9.89. The highest BCUT2D eigenvalue weighted by molar-refractivity contribution is 7.09. The first-order valence-electron chi connectivity index (χ1n) is 5.64. The van der Waals surface area contributed by atoms with Crippen molar-refractivity contribution in [2.75, 3.05) is 44.4 Å². The van der Waals surface area contributed by atoms with E-state index in [0.717, 1.165) is 17.6 Å². The molecule has 0 unspecified atom stereocenters. The molecule has 0 spiro atoms. The molecular weight excluding hydrogens is 222 g/mol. The maximum absolute atomic E-state index is 5.52. The van der Waals surface area contributed by atoms with Gasteiger partial charge in [-0.05, 0) is 38.9 Å². The molecule has 0 radical (unpaired) electrons. The van der Waals surface area contributed by atoms with Gasteiger partial charge in [-0.3, -0.25) is 0 Å². The summed E-state index contributed by atoms with van der Waals surface area (Å²) >= 11 is 1.38. The number of nitrogens with two attached hydrogens (primary N) is 1. The minimum atomic E-state index is 0.384. The summed E-state index contributed by atoms with van der Waals surface area (Å²) in [4.78, 5) is 8.75. The van der Waals surface area contributed by atoms with Crippen LogP contribution in [0.4, 0.5) is 11.1 Å². The molecule has 0 amide bonds. The molecule has 0 aliphatic carbocycles. The summed E-state index contributed by atoms with van der Waals surface area (Å²) in [6.07, 6.45) is 2.55. The van der Waals surface area contributed by atoms with E-state index in [1.54, 1.807) is 0 Å². The summed E-state index contributed by atoms with van der Waals surface area (Å²) in [5.74, 6) is 1.15. The Morgan fingerprint density at radius 1 is 1.50 bits per heavy atom. The van der Waals surface area contributed by atoms with Crippen molar-refractivity contribution in [3.63, 3.8) is 0 Å². The number of anilines is 2. The highest BCUT2D eigenvalue weighted by Crippen LogP contribution is 2.22.